The third-order valence-electron chi connectivity index (χ3n) is 3.38. The molecule has 4 heteroatoms. The van der Waals surface area contributed by atoms with E-state index < -0.39 is 0 Å². The first kappa shape index (κ1) is 11.8. The van der Waals surface area contributed by atoms with E-state index in [0.717, 1.165) is 19.5 Å². The molecule has 0 spiro atoms. The molecular weight excluding hydrogens is 236 g/mol. The minimum Gasteiger partial charge on any atom is -0.382 e. The van der Waals surface area contributed by atoms with Crippen LogP contribution in [0, 0.1) is 6.92 Å². The average Bonchev–Trinajstić information content (AvgIpc) is 2.97. The molecule has 1 aromatic carbocycles. The molecule has 0 aliphatic rings. The van der Waals surface area contributed by atoms with Crippen molar-refractivity contribution in [3.8, 4) is 0 Å². The molecule has 98 valence electrons. The van der Waals surface area contributed by atoms with Crippen LogP contribution in [0.1, 0.15) is 12.0 Å². The van der Waals surface area contributed by atoms with E-state index in [1.54, 1.807) is 0 Å². The van der Waals surface area contributed by atoms with Crippen LogP contribution >= 0.6 is 0 Å². The van der Waals surface area contributed by atoms with Crippen molar-refractivity contribution in [3.63, 3.8) is 0 Å². The van der Waals surface area contributed by atoms with E-state index in [1.807, 2.05) is 16.9 Å². The van der Waals surface area contributed by atoms with Crippen LogP contribution in [0.15, 0.2) is 42.7 Å². The minimum atomic E-state index is 0.585. The van der Waals surface area contributed by atoms with Crippen molar-refractivity contribution in [2.75, 3.05) is 5.73 Å². The molecule has 2 N–H and O–H groups in total. The van der Waals surface area contributed by atoms with Gasteiger partial charge >= 0.3 is 0 Å². The van der Waals surface area contributed by atoms with E-state index in [-0.39, 0.29) is 0 Å². The van der Waals surface area contributed by atoms with Crippen LogP contribution in [-0.4, -0.2) is 14.3 Å². The Kier molecular flexibility index (Phi) is 2.99. The fourth-order valence-electron chi connectivity index (χ4n) is 2.39. The normalized spacial score (nSPS) is 11.2. The summed E-state index contributed by atoms with van der Waals surface area (Å²) in [5.41, 5.74) is 8.20. The number of aryl methyl sites for hydroxylation is 3. The van der Waals surface area contributed by atoms with Crippen molar-refractivity contribution in [3.05, 3.63) is 48.3 Å². The van der Waals surface area contributed by atoms with Gasteiger partial charge in [0.05, 0.1) is 0 Å². The smallest absolute Gasteiger partial charge is 0.145 e. The molecule has 19 heavy (non-hydrogen) atoms. The summed E-state index contributed by atoms with van der Waals surface area (Å²) in [6.07, 6.45) is 5.12. The van der Waals surface area contributed by atoms with Crippen LogP contribution in [0.2, 0.25) is 0 Å². The molecule has 0 bridgehead atoms. The van der Waals surface area contributed by atoms with Crippen LogP contribution in [0.25, 0.3) is 10.9 Å². The molecule has 0 aliphatic carbocycles. The summed E-state index contributed by atoms with van der Waals surface area (Å²) >= 11 is 0. The number of fused-ring (bicyclic) bond motifs is 1. The lowest BCUT2D eigenvalue weighted by atomic mass is 10.2. The molecule has 2 heterocycles. The van der Waals surface area contributed by atoms with Crippen molar-refractivity contribution in [2.24, 2.45) is 0 Å². The van der Waals surface area contributed by atoms with Crippen LogP contribution < -0.4 is 5.73 Å². The van der Waals surface area contributed by atoms with Gasteiger partial charge in [0.2, 0.25) is 0 Å². The molecule has 4 nitrogen and oxygen atoms in total. The highest BCUT2D eigenvalue weighted by atomic mass is 15.3. The largest absolute Gasteiger partial charge is 0.382 e. The van der Waals surface area contributed by atoms with Gasteiger partial charge in [0.1, 0.15) is 5.82 Å². The Morgan fingerprint density at radius 3 is 2.79 bits per heavy atom. The van der Waals surface area contributed by atoms with Gasteiger partial charge in [0.15, 0.2) is 0 Å². The molecule has 0 fully saturated rings. The van der Waals surface area contributed by atoms with Crippen LogP contribution in [0.4, 0.5) is 5.82 Å². The summed E-state index contributed by atoms with van der Waals surface area (Å²) in [4.78, 5) is 0. The molecular formula is C15H18N4. The van der Waals surface area contributed by atoms with E-state index in [0.29, 0.717) is 5.82 Å². The minimum absolute atomic E-state index is 0.585. The molecule has 3 aromatic rings. The maximum atomic E-state index is 5.60. The number of nitrogens with two attached hydrogens (primary N) is 1. The van der Waals surface area contributed by atoms with Crippen LogP contribution in [-0.2, 0) is 13.1 Å². The van der Waals surface area contributed by atoms with Crippen LogP contribution in [0.5, 0.6) is 0 Å². The van der Waals surface area contributed by atoms with E-state index in [2.05, 4.69) is 47.1 Å². The molecule has 2 aromatic heterocycles. The number of benzene rings is 1. The Balaban J connectivity index is 1.70. The summed E-state index contributed by atoms with van der Waals surface area (Å²) in [7, 11) is 0. The number of aromatic nitrogens is 3. The monoisotopic (exact) mass is 254 g/mol. The second kappa shape index (κ2) is 4.80. The first-order valence-electron chi connectivity index (χ1n) is 6.57. The quantitative estimate of drug-likeness (QED) is 0.778. The first-order chi connectivity index (χ1) is 9.22. The topological polar surface area (TPSA) is 48.8 Å². The predicted molar refractivity (Wildman–Crippen MR) is 77.9 cm³/mol. The van der Waals surface area contributed by atoms with Gasteiger partial charge in [-0.3, -0.25) is 4.68 Å². The van der Waals surface area contributed by atoms with Gasteiger partial charge in [-0.05, 0) is 42.5 Å². The number of hydrogen-bond donors (Lipinski definition) is 1. The fraction of sp³-hybridized carbons (Fsp3) is 0.267. The Bertz CT molecular complexity index is 693. The summed E-state index contributed by atoms with van der Waals surface area (Å²) in [5.74, 6) is 0.585. The van der Waals surface area contributed by atoms with Crippen molar-refractivity contribution in [1.29, 1.82) is 0 Å². The Morgan fingerprint density at radius 1 is 1.11 bits per heavy atom. The number of rotatable bonds is 4. The Hall–Kier alpha value is -2.23. The Labute approximate surface area is 112 Å². The van der Waals surface area contributed by atoms with Gasteiger partial charge in [-0.15, -0.1) is 0 Å². The predicted octanol–water partition coefficient (Wildman–Crippen LogP) is 2.82. The van der Waals surface area contributed by atoms with Crippen LogP contribution in [0.3, 0.4) is 0 Å². The lowest BCUT2D eigenvalue weighted by molar-refractivity contribution is 0.535. The van der Waals surface area contributed by atoms with E-state index in [4.69, 9.17) is 5.73 Å². The molecule has 0 saturated heterocycles. The first-order valence-corrected chi connectivity index (χ1v) is 6.57. The van der Waals surface area contributed by atoms with Crippen molar-refractivity contribution < 1.29 is 0 Å². The lowest BCUT2D eigenvalue weighted by Crippen LogP contribution is -2.04. The highest BCUT2D eigenvalue weighted by molar-refractivity contribution is 5.80. The summed E-state index contributed by atoms with van der Waals surface area (Å²) in [6.45, 7) is 4.01. The second-order valence-electron chi connectivity index (χ2n) is 4.93. The molecule has 0 aliphatic heterocycles. The number of anilines is 1. The molecule has 0 atom stereocenters. The summed E-state index contributed by atoms with van der Waals surface area (Å²) in [5, 5.41) is 5.49. The number of nitrogen functional groups attached to an aromatic ring is 1. The lowest BCUT2D eigenvalue weighted by Gasteiger charge is -2.06. The molecule has 0 radical (unpaired) electrons. The van der Waals surface area contributed by atoms with Crippen molar-refractivity contribution in [1.82, 2.24) is 14.3 Å². The molecule has 0 amide bonds. The third kappa shape index (κ3) is 2.47. The van der Waals surface area contributed by atoms with Crippen molar-refractivity contribution in [2.45, 2.75) is 26.4 Å². The summed E-state index contributed by atoms with van der Waals surface area (Å²) < 4.78 is 4.20. The number of nitrogens with zero attached hydrogens (tertiary/aromatic N) is 3. The zero-order valence-corrected chi connectivity index (χ0v) is 11.1. The van der Waals surface area contributed by atoms with Gasteiger partial charge in [0, 0.05) is 31.0 Å². The van der Waals surface area contributed by atoms with Gasteiger partial charge in [-0.2, -0.15) is 5.10 Å². The zero-order valence-electron chi connectivity index (χ0n) is 11.1. The van der Waals surface area contributed by atoms with E-state index in [9.17, 15) is 0 Å². The zero-order chi connectivity index (χ0) is 13.2. The van der Waals surface area contributed by atoms with Gasteiger partial charge in [-0.25, -0.2) is 0 Å². The van der Waals surface area contributed by atoms with E-state index in [1.165, 1.54) is 16.5 Å². The fourth-order valence-corrected chi connectivity index (χ4v) is 2.39. The molecule has 0 unspecified atom stereocenters. The highest BCUT2D eigenvalue weighted by Gasteiger charge is 2.01. The maximum absolute atomic E-state index is 5.60. The third-order valence-corrected chi connectivity index (χ3v) is 3.38. The standard InChI is InChI=1S/C15H18N4/c1-12-3-4-13-5-9-18(14(13)11-12)7-2-8-19-10-6-15(16)17-19/h3-6,9-11H,2,7-8H2,1H3,(H2,16,17). The average molecular weight is 254 g/mol. The number of hydrogen-bond acceptors (Lipinski definition) is 2. The van der Waals surface area contributed by atoms with Crippen molar-refractivity contribution >= 4 is 16.7 Å². The Morgan fingerprint density at radius 2 is 2.00 bits per heavy atom. The molecule has 0 saturated carbocycles. The summed E-state index contributed by atoms with van der Waals surface area (Å²) in [6, 6.07) is 10.6. The maximum Gasteiger partial charge on any atom is 0.145 e. The molecule has 3 rings (SSSR count). The van der Waals surface area contributed by atoms with E-state index >= 15 is 0 Å². The highest BCUT2D eigenvalue weighted by Crippen LogP contribution is 2.17. The van der Waals surface area contributed by atoms with Gasteiger partial charge < -0.3 is 10.3 Å². The van der Waals surface area contributed by atoms with Gasteiger partial charge in [-0.1, -0.05) is 12.1 Å². The second-order valence-corrected chi connectivity index (χ2v) is 4.93. The SMILES string of the molecule is Cc1ccc2ccn(CCCn3ccc(N)n3)c2c1. The van der Waals surface area contributed by atoms with Gasteiger partial charge in [0.25, 0.3) is 0 Å².